The van der Waals surface area contributed by atoms with Gasteiger partial charge < -0.3 is 10.0 Å². The van der Waals surface area contributed by atoms with Crippen LogP contribution in [0.5, 0.6) is 0 Å². The van der Waals surface area contributed by atoms with Gasteiger partial charge in [-0.1, -0.05) is 32.1 Å². The summed E-state index contributed by atoms with van der Waals surface area (Å²) in [5, 5.41) is 13.2. The molecule has 4 heteroatoms. The quantitative estimate of drug-likeness (QED) is 0.830. The molecule has 1 atom stereocenters. The minimum absolute atomic E-state index is 0.143. The number of carbonyl (C=O) groups is 1. The molecule has 1 saturated heterocycles. The van der Waals surface area contributed by atoms with Crippen LogP contribution in [-0.4, -0.2) is 47.2 Å². The van der Waals surface area contributed by atoms with Gasteiger partial charge in [-0.05, 0) is 32.6 Å². The number of nitrogens with zero attached hydrogens (tertiary/aromatic N) is 1. The molecule has 0 bridgehead atoms. The van der Waals surface area contributed by atoms with Crippen LogP contribution in [0.25, 0.3) is 0 Å². The first kappa shape index (κ1) is 15.8. The molecule has 0 aromatic carbocycles. The van der Waals surface area contributed by atoms with E-state index in [1.54, 1.807) is 0 Å². The van der Waals surface area contributed by atoms with Crippen LogP contribution < -0.4 is 5.32 Å². The van der Waals surface area contributed by atoms with Crippen molar-refractivity contribution in [1.29, 1.82) is 0 Å². The zero-order valence-corrected chi connectivity index (χ0v) is 12.9. The summed E-state index contributed by atoms with van der Waals surface area (Å²) in [5.74, 6) is 0.213. The maximum Gasteiger partial charge on any atom is 0.239 e. The van der Waals surface area contributed by atoms with Crippen molar-refractivity contribution >= 4 is 5.91 Å². The molecular formula is C16H30N2O2. The van der Waals surface area contributed by atoms with Crippen LogP contribution >= 0.6 is 0 Å². The van der Waals surface area contributed by atoms with Gasteiger partial charge in [0.15, 0.2) is 0 Å². The fourth-order valence-corrected chi connectivity index (χ4v) is 3.66. The molecule has 2 N–H and O–H groups in total. The lowest BCUT2D eigenvalue weighted by molar-refractivity contribution is -0.133. The van der Waals surface area contributed by atoms with Crippen LogP contribution in [0.1, 0.15) is 64.7 Å². The molecule has 1 aliphatic carbocycles. The Balaban J connectivity index is 1.91. The first-order valence-electron chi connectivity index (χ1n) is 8.34. The van der Waals surface area contributed by atoms with E-state index in [2.05, 4.69) is 5.32 Å². The summed E-state index contributed by atoms with van der Waals surface area (Å²) < 4.78 is 0. The molecule has 0 radical (unpaired) electrons. The van der Waals surface area contributed by atoms with Crippen molar-refractivity contribution in [2.45, 2.75) is 76.3 Å². The number of nitrogens with one attached hydrogen (secondary N) is 1. The summed E-state index contributed by atoms with van der Waals surface area (Å²) in [7, 11) is 0. The summed E-state index contributed by atoms with van der Waals surface area (Å²) in [4.78, 5) is 14.6. The van der Waals surface area contributed by atoms with Crippen LogP contribution in [-0.2, 0) is 4.79 Å². The van der Waals surface area contributed by atoms with E-state index in [4.69, 9.17) is 0 Å². The second-order valence-electron chi connectivity index (χ2n) is 6.60. The predicted molar refractivity (Wildman–Crippen MR) is 80.5 cm³/mol. The van der Waals surface area contributed by atoms with Gasteiger partial charge in [-0.25, -0.2) is 0 Å². The lowest BCUT2D eigenvalue weighted by Crippen LogP contribution is -2.57. The fourth-order valence-electron chi connectivity index (χ4n) is 3.66. The maximum atomic E-state index is 12.6. The van der Waals surface area contributed by atoms with Gasteiger partial charge in [0.1, 0.15) is 0 Å². The van der Waals surface area contributed by atoms with Crippen molar-refractivity contribution in [3.8, 4) is 0 Å². The maximum absolute atomic E-state index is 12.6. The van der Waals surface area contributed by atoms with Crippen molar-refractivity contribution in [1.82, 2.24) is 10.2 Å². The Morgan fingerprint density at radius 2 is 1.65 bits per heavy atom. The standard InChI is InChI=1S/C16H30N2O2/c1-14(15(20)18-11-7-2-3-8-12-18)17-16(13-19)9-5-4-6-10-16/h14,17,19H,2-13H2,1H3. The van der Waals surface area contributed by atoms with Gasteiger partial charge in [-0.3, -0.25) is 10.1 Å². The van der Waals surface area contributed by atoms with Crippen molar-refractivity contribution in [3.63, 3.8) is 0 Å². The third kappa shape index (κ3) is 3.95. The van der Waals surface area contributed by atoms with Gasteiger partial charge in [-0.15, -0.1) is 0 Å². The van der Waals surface area contributed by atoms with Crippen LogP contribution in [0.2, 0.25) is 0 Å². The number of likely N-dealkylation sites (tertiary alicyclic amines) is 1. The third-order valence-corrected chi connectivity index (χ3v) is 4.92. The normalized spacial score (nSPS) is 25.0. The Hall–Kier alpha value is -0.610. The summed E-state index contributed by atoms with van der Waals surface area (Å²) in [5.41, 5.74) is -0.223. The molecule has 4 nitrogen and oxygen atoms in total. The first-order chi connectivity index (χ1) is 9.67. The average molecular weight is 282 g/mol. The highest BCUT2D eigenvalue weighted by molar-refractivity contribution is 5.81. The minimum atomic E-state index is -0.223. The number of hydrogen-bond acceptors (Lipinski definition) is 3. The summed E-state index contributed by atoms with van der Waals surface area (Å²) in [6.07, 6.45) is 10.3. The van der Waals surface area contributed by atoms with Crippen molar-refractivity contribution in [2.24, 2.45) is 0 Å². The molecule has 116 valence electrons. The second-order valence-corrected chi connectivity index (χ2v) is 6.60. The third-order valence-electron chi connectivity index (χ3n) is 4.92. The van der Waals surface area contributed by atoms with Crippen LogP contribution in [0.3, 0.4) is 0 Å². The van der Waals surface area contributed by atoms with E-state index in [-0.39, 0.29) is 24.1 Å². The Kier molecular flexibility index (Phi) is 5.85. The highest BCUT2D eigenvalue weighted by Crippen LogP contribution is 2.28. The SMILES string of the molecule is CC(NC1(CO)CCCCC1)C(=O)N1CCCCCC1. The van der Waals surface area contributed by atoms with Crippen molar-refractivity contribution in [2.75, 3.05) is 19.7 Å². The highest BCUT2D eigenvalue weighted by Gasteiger charge is 2.34. The minimum Gasteiger partial charge on any atom is -0.394 e. The van der Waals surface area contributed by atoms with E-state index >= 15 is 0 Å². The molecule has 2 rings (SSSR count). The smallest absolute Gasteiger partial charge is 0.239 e. The summed E-state index contributed by atoms with van der Waals surface area (Å²) >= 11 is 0. The average Bonchev–Trinajstić information content (AvgIpc) is 2.76. The topological polar surface area (TPSA) is 52.6 Å². The molecule has 2 aliphatic rings. The zero-order valence-electron chi connectivity index (χ0n) is 12.9. The first-order valence-corrected chi connectivity index (χ1v) is 8.34. The molecule has 1 unspecified atom stereocenters. The molecule has 1 aliphatic heterocycles. The molecule has 0 aromatic rings. The summed E-state index contributed by atoms with van der Waals surface area (Å²) in [6.45, 7) is 3.90. The van der Waals surface area contributed by atoms with Crippen LogP contribution in [0, 0.1) is 0 Å². The Morgan fingerprint density at radius 1 is 1.10 bits per heavy atom. The molecule has 2 fully saturated rings. The highest BCUT2D eigenvalue weighted by atomic mass is 16.3. The molecule has 1 heterocycles. The van der Waals surface area contributed by atoms with Gasteiger partial charge in [0.2, 0.25) is 5.91 Å². The van der Waals surface area contributed by atoms with Gasteiger partial charge >= 0.3 is 0 Å². The number of aliphatic hydroxyl groups excluding tert-OH is 1. The van der Waals surface area contributed by atoms with Crippen molar-refractivity contribution in [3.05, 3.63) is 0 Å². The van der Waals surface area contributed by atoms with E-state index in [0.29, 0.717) is 0 Å². The lowest BCUT2D eigenvalue weighted by Gasteiger charge is -2.39. The molecule has 1 amide bonds. The van der Waals surface area contributed by atoms with Gasteiger partial charge in [0.25, 0.3) is 0 Å². The number of amides is 1. The van der Waals surface area contributed by atoms with Gasteiger partial charge in [0.05, 0.1) is 12.6 Å². The molecule has 0 spiro atoms. The van der Waals surface area contributed by atoms with Crippen molar-refractivity contribution < 1.29 is 9.90 Å². The Bertz CT molecular complexity index is 306. The van der Waals surface area contributed by atoms with E-state index in [1.165, 1.54) is 19.3 Å². The molecular weight excluding hydrogens is 252 g/mol. The Morgan fingerprint density at radius 3 is 2.20 bits per heavy atom. The largest absolute Gasteiger partial charge is 0.394 e. The van der Waals surface area contributed by atoms with Gasteiger partial charge in [-0.2, -0.15) is 0 Å². The lowest BCUT2D eigenvalue weighted by atomic mass is 9.81. The van der Waals surface area contributed by atoms with E-state index in [0.717, 1.165) is 51.6 Å². The number of rotatable bonds is 4. The molecule has 0 aromatic heterocycles. The molecule has 1 saturated carbocycles. The second kappa shape index (κ2) is 7.41. The van der Waals surface area contributed by atoms with E-state index in [1.807, 2.05) is 11.8 Å². The van der Waals surface area contributed by atoms with Crippen LogP contribution in [0.15, 0.2) is 0 Å². The predicted octanol–water partition coefficient (Wildman–Crippen LogP) is 2.06. The van der Waals surface area contributed by atoms with Crippen LogP contribution in [0.4, 0.5) is 0 Å². The number of hydrogen-bond donors (Lipinski definition) is 2. The monoisotopic (exact) mass is 282 g/mol. The number of aliphatic hydroxyl groups is 1. The Labute approximate surface area is 122 Å². The summed E-state index contributed by atoms with van der Waals surface area (Å²) in [6, 6.07) is -0.182. The van der Waals surface area contributed by atoms with Gasteiger partial charge in [0, 0.05) is 18.6 Å². The molecule has 20 heavy (non-hydrogen) atoms. The number of carbonyl (C=O) groups excluding carboxylic acids is 1. The van der Waals surface area contributed by atoms with E-state index in [9.17, 15) is 9.90 Å². The van der Waals surface area contributed by atoms with E-state index < -0.39 is 0 Å². The fraction of sp³-hybridized carbons (Fsp3) is 0.938. The zero-order chi connectivity index (χ0) is 14.4.